The Morgan fingerprint density at radius 2 is 0.461 bits per heavy atom. The summed E-state index contributed by atoms with van der Waals surface area (Å²) in [5, 5.41) is 13.2. The van der Waals surface area contributed by atoms with E-state index >= 15 is 0 Å². The minimum atomic E-state index is -0.534. The van der Waals surface area contributed by atoms with Gasteiger partial charge in [-0.2, -0.15) is 0 Å². The molecule has 1 unspecified atom stereocenters. The van der Waals surface area contributed by atoms with Gasteiger partial charge in [-0.05, 0) is 183 Å². The van der Waals surface area contributed by atoms with Crippen LogP contribution in [0.25, 0.3) is 245 Å². The highest BCUT2D eigenvalue weighted by Gasteiger charge is 2.44. The van der Waals surface area contributed by atoms with Crippen molar-refractivity contribution in [3.8, 4) is 180 Å². The van der Waals surface area contributed by atoms with Crippen LogP contribution in [0.3, 0.4) is 0 Å². The minimum Gasteiger partial charge on any atom is -0.208 e. The lowest BCUT2D eigenvalue weighted by molar-refractivity contribution is 0.583. The molecule has 0 spiro atoms. The van der Waals surface area contributed by atoms with Crippen LogP contribution in [0.1, 0.15) is 73.6 Å². The van der Waals surface area contributed by atoms with Crippen molar-refractivity contribution in [3.05, 3.63) is 476 Å². The van der Waals surface area contributed by atoms with E-state index in [2.05, 4.69) is 399 Å². The van der Waals surface area contributed by atoms with E-state index in [1.807, 2.05) is 72.8 Å². The summed E-state index contributed by atoms with van der Waals surface area (Å²) in [5.41, 5.74) is 32.0. The van der Waals surface area contributed by atoms with Gasteiger partial charge in [0, 0.05) is 83.0 Å². The summed E-state index contributed by atoms with van der Waals surface area (Å²) in [5.74, 6) is 5.34. The van der Waals surface area contributed by atoms with E-state index < -0.39 is 5.41 Å². The third-order valence-electron chi connectivity index (χ3n) is 30.3. The molecule has 3 heterocycles. The second kappa shape index (κ2) is 32.5. The molecule has 27 rings (SSSR count). The Hall–Kier alpha value is -17.8. The fourth-order valence-electron chi connectivity index (χ4n) is 23.8. The zero-order chi connectivity index (χ0) is 93.9. The molecule has 0 saturated heterocycles. The standard InChI is InChI=1S/C132H89N9/c1-130(2)108-61-32-30-52-94(108)107-77-88(71-74-110(107)130)113-99-73-70-87(76-106(99)92-50-24-28-56-98(92)117(113)127-136-121(81-37-11-6-12-38-81)133-122(137-127)82-39-13-7-14-40-82)80-66-68-86(69-67-80)126-135-125(85-45-19-10-20-46-85)140-129(141-126)119-100-72-65-79(75-105(100)91-49-23-26-54-96(91)116(119)104-60-35-58-101-93-51-29-33-62-109(93)131(3,4)120(101)104)78-132(5)111-63-34-31-57-102(111)114-103(59-36-64-112(114)132)115-95-53-25-21-47-89(95)90-48-22-27-55-97(90)118(115)128-138-123(83-41-15-8-16-42-83)134-124(139-128)84-43-17-9-18-44-84/h6-77H,78H2,1-5H3. The average molecular weight is 1800 g/mol. The van der Waals surface area contributed by atoms with Gasteiger partial charge in [0.05, 0.1) is 0 Å². The molecule has 3 aromatic heterocycles. The highest BCUT2D eigenvalue weighted by molar-refractivity contribution is 6.26. The first kappa shape index (κ1) is 82.7. The van der Waals surface area contributed by atoms with Crippen molar-refractivity contribution in [2.24, 2.45) is 0 Å². The second-order valence-corrected chi connectivity index (χ2v) is 39.0. The largest absolute Gasteiger partial charge is 0.208 e. The molecule has 0 fully saturated rings. The van der Waals surface area contributed by atoms with Gasteiger partial charge in [0.2, 0.25) is 0 Å². The van der Waals surface area contributed by atoms with Gasteiger partial charge in [-0.1, -0.05) is 459 Å². The summed E-state index contributed by atoms with van der Waals surface area (Å²) in [6.07, 6.45) is 0.681. The number of rotatable bonds is 15. The Balaban J connectivity index is 0.629. The summed E-state index contributed by atoms with van der Waals surface area (Å²) in [6, 6.07) is 158. The molecule has 0 aliphatic heterocycles. The van der Waals surface area contributed by atoms with E-state index in [-0.39, 0.29) is 10.8 Å². The predicted octanol–water partition coefficient (Wildman–Crippen LogP) is 33.0. The van der Waals surface area contributed by atoms with Crippen molar-refractivity contribution >= 4 is 64.6 Å². The first-order valence-corrected chi connectivity index (χ1v) is 48.6. The van der Waals surface area contributed by atoms with Gasteiger partial charge in [-0.25, -0.2) is 44.9 Å². The lowest BCUT2D eigenvalue weighted by Crippen LogP contribution is -2.24. The maximum absolute atomic E-state index is 5.90. The van der Waals surface area contributed by atoms with Crippen molar-refractivity contribution in [2.45, 2.75) is 57.3 Å². The zero-order valence-electron chi connectivity index (χ0n) is 78.3. The normalized spacial score (nSPS) is 14.0. The quantitative estimate of drug-likeness (QED) is 0.0925. The van der Waals surface area contributed by atoms with Gasteiger partial charge < -0.3 is 0 Å². The number of fused-ring (bicyclic) bond motifs is 18. The van der Waals surface area contributed by atoms with Gasteiger partial charge in [0.15, 0.2) is 52.4 Å². The molecule has 0 amide bonds. The number of benzene rings is 21. The van der Waals surface area contributed by atoms with Crippen LogP contribution in [0, 0.1) is 0 Å². The van der Waals surface area contributed by atoms with Crippen LogP contribution in [0.4, 0.5) is 0 Å². The van der Waals surface area contributed by atoms with E-state index in [4.69, 9.17) is 44.9 Å². The molecule has 9 nitrogen and oxygen atoms in total. The van der Waals surface area contributed by atoms with Crippen LogP contribution in [0.2, 0.25) is 0 Å². The average Bonchev–Trinajstić information content (AvgIpc) is 1.61. The molecule has 3 aliphatic carbocycles. The van der Waals surface area contributed by atoms with E-state index in [0.29, 0.717) is 58.8 Å². The SMILES string of the molecule is CC1(C)c2ccccc2-c2cc(-c3c(-c4nc(-c5ccccc5)nc(-c5ccccc5)n4)c4ccccc4c4cc(-c5ccc(-c6nc(-c7ccccc7)nc(-c7c(-c8cccc9c8C(C)(C)c8ccccc8-9)c8ccccc8c8cc(CC9(C)c%10ccccc%10-c%10c(-c%11c(-c%12nc(-c%13ccccc%13)nc(-c%13ccccc%13)n%12)c%12ccccc%12c%12ccccc%11%12)cccc%109)ccc78)n6)cc5)ccc34)ccc21. The maximum Gasteiger partial charge on any atom is 0.165 e. The Labute approximate surface area is 817 Å². The topological polar surface area (TPSA) is 116 Å². The van der Waals surface area contributed by atoms with Gasteiger partial charge in [-0.15, -0.1) is 0 Å². The molecule has 662 valence electrons. The molecule has 3 aliphatic rings. The molecule has 141 heavy (non-hydrogen) atoms. The Morgan fingerprint density at radius 3 is 0.957 bits per heavy atom. The van der Waals surface area contributed by atoms with Gasteiger partial charge in [-0.3, -0.25) is 0 Å². The third kappa shape index (κ3) is 13.2. The summed E-state index contributed by atoms with van der Waals surface area (Å²) >= 11 is 0. The Kier molecular flexibility index (Phi) is 19.0. The van der Waals surface area contributed by atoms with E-state index in [9.17, 15) is 0 Å². The number of hydrogen-bond donors (Lipinski definition) is 0. The smallest absolute Gasteiger partial charge is 0.165 e. The van der Waals surface area contributed by atoms with Crippen molar-refractivity contribution in [3.63, 3.8) is 0 Å². The number of nitrogens with zero attached hydrogens (tertiary/aromatic N) is 9. The molecule has 9 heteroatoms. The van der Waals surface area contributed by atoms with Crippen LogP contribution in [0.5, 0.6) is 0 Å². The predicted molar refractivity (Wildman–Crippen MR) is 579 cm³/mol. The Bertz CT molecular complexity index is 9210. The summed E-state index contributed by atoms with van der Waals surface area (Å²) < 4.78 is 0. The lowest BCUT2D eigenvalue weighted by Gasteiger charge is -2.29. The molecule has 0 saturated carbocycles. The van der Waals surface area contributed by atoms with Crippen molar-refractivity contribution in [1.29, 1.82) is 0 Å². The lowest BCUT2D eigenvalue weighted by atomic mass is 9.74. The van der Waals surface area contributed by atoms with Crippen LogP contribution in [-0.4, -0.2) is 44.9 Å². The molecule has 0 bridgehead atoms. The van der Waals surface area contributed by atoms with Crippen molar-refractivity contribution in [2.75, 3.05) is 0 Å². The molecule has 24 aromatic rings. The van der Waals surface area contributed by atoms with Crippen molar-refractivity contribution in [1.82, 2.24) is 44.9 Å². The van der Waals surface area contributed by atoms with Crippen LogP contribution >= 0.6 is 0 Å². The van der Waals surface area contributed by atoms with Crippen LogP contribution < -0.4 is 0 Å². The molecule has 0 radical (unpaired) electrons. The van der Waals surface area contributed by atoms with Gasteiger partial charge >= 0.3 is 0 Å². The van der Waals surface area contributed by atoms with Crippen molar-refractivity contribution < 1.29 is 0 Å². The summed E-state index contributed by atoms with van der Waals surface area (Å²) in [7, 11) is 0. The summed E-state index contributed by atoms with van der Waals surface area (Å²) in [4.78, 5) is 49.9. The molecular weight excluding hydrogens is 1710 g/mol. The van der Waals surface area contributed by atoms with Gasteiger partial charge in [0.25, 0.3) is 0 Å². The molecule has 21 aromatic carbocycles. The highest BCUT2D eigenvalue weighted by Crippen LogP contribution is 2.60. The maximum atomic E-state index is 5.90. The summed E-state index contributed by atoms with van der Waals surface area (Å²) in [6.45, 7) is 11.9. The molecule has 0 N–H and O–H groups in total. The fraction of sp³-hybridized carbons (Fsp3) is 0.0682. The van der Waals surface area contributed by atoms with Crippen LogP contribution in [0.15, 0.2) is 437 Å². The first-order valence-electron chi connectivity index (χ1n) is 48.6. The third-order valence-corrected chi connectivity index (χ3v) is 30.3. The highest BCUT2D eigenvalue weighted by atomic mass is 15.1. The molecule has 1 atom stereocenters. The minimum absolute atomic E-state index is 0.194. The first-order chi connectivity index (χ1) is 69.3. The fourth-order valence-corrected chi connectivity index (χ4v) is 23.8. The zero-order valence-corrected chi connectivity index (χ0v) is 78.3. The van der Waals surface area contributed by atoms with E-state index in [0.717, 1.165) is 159 Å². The second-order valence-electron chi connectivity index (χ2n) is 39.0. The monoisotopic (exact) mass is 1800 g/mol. The molecular formula is C132H89N9. The van der Waals surface area contributed by atoms with E-state index in [1.165, 1.54) is 72.3 Å². The van der Waals surface area contributed by atoms with Crippen LogP contribution in [-0.2, 0) is 22.7 Å². The Morgan fingerprint density at radius 1 is 0.156 bits per heavy atom. The number of aromatic nitrogens is 9. The van der Waals surface area contributed by atoms with Gasteiger partial charge in [0.1, 0.15) is 0 Å². The van der Waals surface area contributed by atoms with E-state index in [1.54, 1.807) is 0 Å². The number of hydrogen-bond acceptors (Lipinski definition) is 9.